The van der Waals surface area contributed by atoms with E-state index in [9.17, 15) is 9.59 Å². The third kappa shape index (κ3) is 49.7. The zero-order valence-corrected chi connectivity index (χ0v) is 30.5. The molecule has 4 nitrogen and oxygen atoms in total. The van der Waals surface area contributed by atoms with Crippen LogP contribution in [0.15, 0.2) is 0 Å². The Bertz CT molecular complexity index is 427. The van der Waals surface area contributed by atoms with Crippen LogP contribution in [0.5, 0.6) is 0 Å². The summed E-state index contributed by atoms with van der Waals surface area (Å²) in [6, 6.07) is 0. The molecule has 0 atom stereocenters. The summed E-state index contributed by atoms with van der Waals surface area (Å²) in [6.45, 7) is 12.3. The number of carbonyl (C=O) groups excluding carboxylic acids is 2. The standard InChI is InChI=1S/2C10H20O2S.C10H22S.Sb/c2*1-9(2)6-4-3-5-7-12-10(11)8-13;1-2-3-4-5-6-7-8-9-10-11;/h2*9,13H,3-8H2,1-2H3;11H,2-10H2,1H3;/q;;;+1/p-1. The molecule has 0 aromatic heterocycles. The maximum absolute atomic E-state index is 10.7. The van der Waals surface area contributed by atoms with E-state index in [0.29, 0.717) is 13.2 Å². The average molecular weight is 704 g/mol. The second-order valence-corrected chi connectivity index (χ2v) is 11.5. The first-order chi connectivity index (χ1) is 17.7. The number of rotatable bonds is 22. The minimum Gasteiger partial charge on any atom is -0.793 e. The zero-order valence-electron chi connectivity index (χ0n) is 25.4. The Labute approximate surface area is 271 Å². The molecule has 0 rings (SSSR count). The van der Waals surface area contributed by atoms with E-state index in [1.807, 2.05) is 0 Å². The Morgan fingerprint density at radius 3 is 1.26 bits per heavy atom. The summed E-state index contributed by atoms with van der Waals surface area (Å²) >= 11 is 12.5. The van der Waals surface area contributed by atoms with Gasteiger partial charge in [0.15, 0.2) is 0 Å². The van der Waals surface area contributed by atoms with Crippen molar-refractivity contribution < 1.29 is 19.1 Å². The predicted octanol–water partition coefficient (Wildman–Crippen LogP) is 8.64. The summed E-state index contributed by atoms with van der Waals surface area (Å²) in [7, 11) is 0. The second kappa shape index (κ2) is 39.9. The van der Waals surface area contributed by atoms with E-state index in [1.54, 1.807) is 0 Å². The van der Waals surface area contributed by atoms with Gasteiger partial charge in [-0.3, -0.25) is 9.59 Å². The fourth-order valence-electron chi connectivity index (χ4n) is 3.36. The van der Waals surface area contributed by atoms with Crippen LogP contribution in [-0.4, -0.2) is 66.8 Å². The van der Waals surface area contributed by atoms with Crippen LogP contribution < -0.4 is 0 Å². The van der Waals surface area contributed by atoms with Gasteiger partial charge >= 0.3 is 36.4 Å². The number of esters is 2. The summed E-state index contributed by atoms with van der Waals surface area (Å²) in [5, 5.41) is 0. The van der Waals surface area contributed by atoms with Crippen molar-refractivity contribution in [1.82, 2.24) is 0 Å². The van der Waals surface area contributed by atoms with Gasteiger partial charge in [0.05, 0.1) is 24.7 Å². The van der Waals surface area contributed by atoms with Gasteiger partial charge in [0.25, 0.3) is 0 Å². The van der Waals surface area contributed by atoms with Crippen molar-refractivity contribution in [2.24, 2.45) is 11.8 Å². The topological polar surface area (TPSA) is 52.6 Å². The number of unbranched alkanes of at least 4 members (excludes halogenated alkanes) is 11. The molecule has 0 N–H and O–H groups in total. The van der Waals surface area contributed by atoms with Gasteiger partial charge in [-0.1, -0.05) is 125 Å². The van der Waals surface area contributed by atoms with Crippen molar-refractivity contribution >= 4 is 74.3 Å². The molecule has 0 bridgehead atoms. The minimum absolute atomic E-state index is 0. The van der Waals surface area contributed by atoms with Crippen LogP contribution in [-0.2, 0) is 31.7 Å². The van der Waals surface area contributed by atoms with Gasteiger partial charge in [0.1, 0.15) is 0 Å². The van der Waals surface area contributed by atoms with E-state index >= 15 is 0 Å². The Morgan fingerprint density at radius 1 is 0.605 bits per heavy atom. The van der Waals surface area contributed by atoms with E-state index in [2.05, 4.69) is 59.9 Å². The van der Waals surface area contributed by atoms with E-state index in [-0.39, 0.29) is 47.9 Å². The van der Waals surface area contributed by atoms with E-state index in [0.717, 1.165) is 43.3 Å². The van der Waals surface area contributed by atoms with E-state index < -0.39 is 0 Å². The number of hydrogen-bond donors (Lipinski definition) is 2. The molecular weight excluding hydrogens is 642 g/mol. The maximum Gasteiger partial charge on any atom is 1.00 e. The summed E-state index contributed by atoms with van der Waals surface area (Å²) in [5.41, 5.74) is 0. The SMILES string of the molecule is CC(C)CCCCCOC(=O)CS.CC(C)CCCCCOC(=O)CS.CCCCCCCCCC[S-].[Sb+]. The third-order valence-electron chi connectivity index (χ3n) is 5.63. The van der Waals surface area contributed by atoms with Crippen LogP contribution in [0.4, 0.5) is 0 Å². The van der Waals surface area contributed by atoms with Gasteiger partial charge in [-0.2, -0.15) is 31.0 Å². The molecule has 0 heterocycles. The minimum atomic E-state index is -0.216. The number of ether oxygens (including phenoxy) is 2. The van der Waals surface area contributed by atoms with Crippen LogP contribution >= 0.6 is 25.3 Å². The number of thiol groups is 2. The molecule has 0 aromatic rings. The molecule has 38 heavy (non-hydrogen) atoms. The largest absolute Gasteiger partial charge is 1.00 e. The van der Waals surface area contributed by atoms with E-state index in [1.165, 1.54) is 77.0 Å². The van der Waals surface area contributed by atoms with Gasteiger partial charge in [0.2, 0.25) is 0 Å². The van der Waals surface area contributed by atoms with Crippen molar-refractivity contribution in [3.8, 4) is 0 Å². The Kier molecular flexibility index (Phi) is 48.1. The van der Waals surface area contributed by atoms with Crippen molar-refractivity contribution in [2.75, 3.05) is 30.5 Å². The molecule has 0 saturated heterocycles. The van der Waals surface area contributed by atoms with Crippen molar-refractivity contribution in [2.45, 2.75) is 137 Å². The molecule has 0 aromatic carbocycles. The molecule has 4 radical (unpaired) electrons. The quantitative estimate of drug-likeness (QED) is 0.0389. The van der Waals surface area contributed by atoms with Gasteiger partial charge in [0, 0.05) is 0 Å². The van der Waals surface area contributed by atoms with Crippen LogP contribution in [0.2, 0.25) is 0 Å². The molecule has 0 spiro atoms. The molecule has 0 amide bonds. The zero-order chi connectivity index (χ0) is 28.6. The van der Waals surface area contributed by atoms with Gasteiger partial charge in [-0.15, -0.1) is 0 Å². The molecule has 0 fully saturated rings. The fourth-order valence-corrected chi connectivity index (χ4v) is 3.75. The summed E-state index contributed by atoms with van der Waals surface area (Å²) in [4.78, 5) is 21.3. The first-order valence-electron chi connectivity index (χ1n) is 14.9. The van der Waals surface area contributed by atoms with Gasteiger partial charge in [-0.25, -0.2) is 0 Å². The maximum atomic E-state index is 10.7. The number of hydrogen-bond acceptors (Lipinski definition) is 7. The van der Waals surface area contributed by atoms with E-state index in [4.69, 9.17) is 22.1 Å². The van der Waals surface area contributed by atoms with Crippen LogP contribution in [0.3, 0.4) is 0 Å². The Balaban J connectivity index is -0.000000226. The van der Waals surface area contributed by atoms with Crippen LogP contribution in [0, 0.1) is 11.8 Å². The van der Waals surface area contributed by atoms with Crippen LogP contribution in [0.25, 0.3) is 0 Å². The molecule has 0 unspecified atom stereocenters. The summed E-state index contributed by atoms with van der Waals surface area (Å²) < 4.78 is 9.77. The molecule has 228 valence electrons. The van der Waals surface area contributed by atoms with Crippen LogP contribution in [0.1, 0.15) is 137 Å². The van der Waals surface area contributed by atoms with Gasteiger partial charge in [-0.05, 0) is 24.7 Å². The molecule has 0 saturated carbocycles. The summed E-state index contributed by atoms with van der Waals surface area (Å²) in [6.07, 6.45) is 20.3. The predicted molar refractivity (Wildman–Crippen MR) is 177 cm³/mol. The molecular formula is C30H61O4S3Sb. The third-order valence-corrected chi connectivity index (χ3v) is 6.44. The second-order valence-electron chi connectivity index (χ2n) is 10.4. The Hall–Kier alpha value is 0.808. The molecule has 8 heteroatoms. The number of carbonyl (C=O) groups is 2. The van der Waals surface area contributed by atoms with Crippen molar-refractivity contribution in [1.29, 1.82) is 0 Å². The molecule has 0 aliphatic carbocycles. The molecule has 0 aliphatic rings. The normalized spacial score (nSPS) is 10.2. The smallest absolute Gasteiger partial charge is 0.793 e. The average Bonchev–Trinajstić information content (AvgIpc) is 2.87. The first kappa shape index (κ1) is 45.8. The van der Waals surface area contributed by atoms with Gasteiger partial charge < -0.3 is 22.1 Å². The molecule has 0 aliphatic heterocycles. The fraction of sp³-hybridized carbons (Fsp3) is 0.933. The first-order valence-corrected chi connectivity index (χ1v) is 16.7. The summed E-state index contributed by atoms with van der Waals surface area (Å²) in [5.74, 6) is 2.45. The van der Waals surface area contributed by atoms with Crippen molar-refractivity contribution in [3.05, 3.63) is 0 Å². The monoisotopic (exact) mass is 702 g/mol. The van der Waals surface area contributed by atoms with Crippen molar-refractivity contribution in [3.63, 3.8) is 0 Å². The Morgan fingerprint density at radius 2 is 0.947 bits per heavy atom.